The van der Waals surface area contributed by atoms with E-state index < -0.39 is 0 Å². The first kappa shape index (κ1) is 31.9. The molecule has 3 atom stereocenters. The van der Waals surface area contributed by atoms with Crippen LogP contribution < -0.4 is 14.8 Å². The normalized spacial score (nSPS) is 23.0. The zero-order valence-corrected chi connectivity index (χ0v) is 27.1. The number of benzene rings is 1. The Morgan fingerprint density at radius 2 is 1.79 bits per heavy atom. The van der Waals surface area contributed by atoms with Gasteiger partial charge in [-0.25, -0.2) is 14.6 Å². The number of anilines is 2. The molecule has 0 unspecified atom stereocenters. The van der Waals surface area contributed by atoms with Gasteiger partial charge in [0.2, 0.25) is 5.95 Å². The number of ether oxygens (including phenoxy) is 3. The van der Waals surface area contributed by atoms with E-state index in [1.54, 1.807) is 23.1 Å². The average molecular weight is 656 g/mol. The number of rotatable bonds is 13. The van der Waals surface area contributed by atoms with Crippen molar-refractivity contribution in [2.75, 3.05) is 31.7 Å². The molecule has 1 aromatic carbocycles. The molecule has 2 N–H and O–H groups in total. The van der Waals surface area contributed by atoms with Crippen molar-refractivity contribution >= 4 is 11.6 Å². The van der Waals surface area contributed by atoms with Crippen molar-refractivity contribution in [1.82, 2.24) is 44.9 Å². The van der Waals surface area contributed by atoms with E-state index in [0.29, 0.717) is 66.5 Å². The Bertz CT molecular complexity index is 1670. The molecule has 4 aromatic rings. The van der Waals surface area contributed by atoms with E-state index in [2.05, 4.69) is 41.8 Å². The van der Waals surface area contributed by atoms with Crippen molar-refractivity contribution in [3.05, 3.63) is 48.7 Å². The van der Waals surface area contributed by atoms with Crippen LogP contribution in [0, 0.1) is 11.3 Å². The number of hydrogen-bond acceptors (Lipinski definition) is 13. The van der Waals surface area contributed by atoms with Gasteiger partial charge in [0.1, 0.15) is 29.9 Å². The minimum atomic E-state index is -0.275. The Balaban J connectivity index is 1.02. The van der Waals surface area contributed by atoms with Gasteiger partial charge in [0.05, 0.1) is 44.2 Å². The summed E-state index contributed by atoms with van der Waals surface area (Å²) in [6.07, 6.45) is 14.1. The third-order valence-electron chi connectivity index (χ3n) is 9.50. The van der Waals surface area contributed by atoms with Gasteiger partial charge in [-0.05, 0) is 73.6 Å². The molecule has 1 saturated carbocycles. The van der Waals surface area contributed by atoms with E-state index in [0.717, 1.165) is 50.0 Å². The highest BCUT2D eigenvalue weighted by atomic mass is 16.5. The standard InChI is InChI=1S/C33H41N11O4/c1-22(17-42-21-37-40-41-42)48-31-13-23(3-4-24(31)14-34)25-15-35-33(36-16-25)38-30-18-43(39-32(30)47-12-2-11-45)26-5-7-27(8-6-26)44-28-9-10-29(44)20-46-19-28/h3-4,13,15-16,18,21-22,26-29,45H,2,5-12,17,19-20H2,1H3,(H,35,36,38)/t22-,26-,27-,28-,29+/m0/s1. The third kappa shape index (κ3) is 7.10. The van der Waals surface area contributed by atoms with E-state index in [1.165, 1.54) is 19.2 Å². The molecular weight excluding hydrogens is 614 g/mol. The van der Waals surface area contributed by atoms with Gasteiger partial charge in [0.25, 0.3) is 5.88 Å². The fourth-order valence-electron chi connectivity index (χ4n) is 7.20. The molecule has 7 rings (SSSR count). The summed E-state index contributed by atoms with van der Waals surface area (Å²) < 4.78 is 21.5. The van der Waals surface area contributed by atoms with Crippen molar-refractivity contribution in [2.45, 2.75) is 88.7 Å². The first-order valence-electron chi connectivity index (χ1n) is 16.8. The molecule has 2 bridgehead atoms. The Morgan fingerprint density at radius 1 is 1.04 bits per heavy atom. The summed E-state index contributed by atoms with van der Waals surface area (Å²) in [5.74, 6) is 1.33. The molecule has 252 valence electrons. The zero-order chi connectivity index (χ0) is 32.9. The molecule has 0 spiro atoms. The van der Waals surface area contributed by atoms with Gasteiger partial charge >= 0.3 is 0 Å². The van der Waals surface area contributed by atoms with Crippen LogP contribution in [0.15, 0.2) is 43.1 Å². The van der Waals surface area contributed by atoms with Gasteiger partial charge in [-0.15, -0.1) is 10.2 Å². The molecule has 1 aliphatic carbocycles. The van der Waals surface area contributed by atoms with E-state index in [1.807, 2.05) is 29.9 Å². The smallest absolute Gasteiger partial charge is 0.256 e. The Labute approximate surface area is 278 Å². The molecule has 48 heavy (non-hydrogen) atoms. The zero-order valence-electron chi connectivity index (χ0n) is 27.1. The van der Waals surface area contributed by atoms with Crippen molar-refractivity contribution in [1.29, 1.82) is 5.26 Å². The number of nitrogens with one attached hydrogen (secondary N) is 1. The van der Waals surface area contributed by atoms with Crippen molar-refractivity contribution in [3.63, 3.8) is 0 Å². The van der Waals surface area contributed by atoms with Crippen LogP contribution in [-0.4, -0.2) is 101 Å². The molecule has 3 fully saturated rings. The van der Waals surface area contributed by atoms with Crippen LogP contribution >= 0.6 is 0 Å². The number of aromatic nitrogens is 8. The number of fused-ring (bicyclic) bond motifs is 2. The van der Waals surface area contributed by atoms with Crippen LogP contribution in [-0.2, 0) is 11.3 Å². The van der Waals surface area contributed by atoms with Crippen LogP contribution in [0.1, 0.15) is 63.5 Å². The summed E-state index contributed by atoms with van der Waals surface area (Å²) in [4.78, 5) is 11.9. The monoisotopic (exact) mass is 655 g/mol. The lowest BCUT2D eigenvalue weighted by Gasteiger charge is -2.43. The number of tetrazole rings is 1. The average Bonchev–Trinajstić information content (AvgIpc) is 3.83. The summed E-state index contributed by atoms with van der Waals surface area (Å²) in [5, 5.41) is 38.3. The predicted octanol–water partition coefficient (Wildman–Crippen LogP) is 3.52. The molecule has 15 heteroatoms. The Morgan fingerprint density at radius 3 is 2.50 bits per heavy atom. The van der Waals surface area contributed by atoms with Gasteiger partial charge in [-0.2, -0.15) is 5.26 Å². The number of morpholine rings is 1. The van der Waals surface area contributed by atoms with Gasteiger partial charge in [0.15, 0.2) is 0 Å². The maximum atomic E-state index is 9.65. The summed E-state index contributed by atoms with van der Waals surface area (Å²) in [7, 11) is 0. The van der Waals surface area contributed by atoms with Crippen LogP contribution in [0.4, 0.5) is 11.6 Å². The predicted molar refractivity (Wildman–Crippen MR) is 174 cm³/mol. The van der Waals surface area contributed by atoms with Crippen molar-refractivity contribution in [2.24, 2.45) is 0 Å². The largest absolute Gasteiger partial charge is 0.487 e. The minimum absolute atomic E-state index is 0.0435. The van der Waals surface area contributed by atoms with E-state index in [9.17, 15) is 10.4 Å². The first-order chi connectivity index (χ1) is 23.6. The van der Waals surface area contributed by atoms with E-state index in [-0.39, 0.29) is 18.8 Å². The van der Waals surface area contributed by atoms with Gasteiger partial charge in [0, 0.05) is 49.1 Å². The van der Waals surface area contributed by atoms with Gasteiger partial charge < -0.3 is 24.6 Å². The molecule has 3 aromatic heterocycles. The minimum Gasteiger partial charge on any atom is -0.487 e. The van der Waals surface area contributed by atoms with Gasteiger partial charge in [-0.3, -0.25) is 9.58 Å². The fraction of sp³-hybridized carbons (Fsp3) is 0.545. The highest BCUT2D eigenvalue weighted by Crippen LogP contribution is 2.39. The highest BCUT2D eigenvalue weighted by Gasteiger charge is 2.42. The number of hydrogen-bond donors (Lipinski definition) is 2. The number of aliphatic hydroxyl groups is 1. The number of aliphatic hydroxyl groups excluding tert-OH is 1. The SMILES string of the molecule is C[C@@H](Cn1cnnn1)Oc1cc(-c2cnc(Nc3cn([C@H]4CC[C@H](N5[C@@H]6CC[C@H]5COC6)CC4)nc3OCCCO)nc2)ccc1C#N. The molecule has 0 radical (unpaired) electrons. The lowest BCUT2D eigenvalue weighted by atomic mass is 9.89. The Hall–Kier alpha value is -4.65. The topological polar surface area (TPSA) is 174 Å². The van der Waals surface area contributed by atoms with Crippen LogP contribution in [0.2, 0.25) is 0 Å². The van der Waals surface area contributed by atoms with Crippen LogP contribution in [0.25, 0.3) is 11.1 Å². The summed E-state index contributed by atoms with van der Waals surface area (Å²) in [6, 6.07) is 9.63. The summed E-state index contributed by atoms with van der Waals surface area (Å²) in [6.45, 7) is 4.46. The first-order valence-corrected chi connectivity index (χ1v) is 16.8. The maximum absolute atomic E-state index is 9.65. The number of nitrogens with zero attached hydrogens (tertiary/aromatic N) is 10. The summed E-state index contributed by atoms with van der Waals surface area (Å²) in [5.41, 5.74) is 2.68. The van der Waals surface area contributed by atoms with Crippen molar-refractivity contribution in [3.8, 4) is 28.8 Å². The van der Waals surface area contributed by atoms with E-state index >= 15 is 0 Å². The highest BCUT2D eigenvalue weighted by molar-refractivity contribution is 5.67. The lowest BCUT2D eigenvalue weighted by molar-refractivity contribution is -0.0458. The lowest BCUT2D eigenvalue weighted by Crippen LogP contribution is -2.52. The van der Waals surface area contributed by atoms with Gasteiger partial charge in [-0.1, -0.05) is 6.07 Å². The van der Waals surface area contributed by atoms with Crippen LogP contribution in [0.5, 0.6) is 11.6 Å². The summed E-state index contributed by atoms with van der Waals surface area (Å²) >= 11 is 0. The third-order valence-corrected chi connectivity index (χ3v) is 9.50. The maximum Gasteiger partial charge on any atom is 0.256 e. The quantitative estimate of drug-likeness (QED) is 0.200. The van der Waals surface area contributed by atoms with Crippen LogP contribution in [0.3, 0.4) is 0 Å². The second-order valence-electron chi connectivity index (χ2n) is 12.8. The molecule has 15 nitrogen and oxygen atoms in total. The fourth-order valence-corrected chi connectivity index (χ4v) is 7.20. The molecule has 2 saturated heterocycles. The molecular formula is C33H41N11O4. The number of nitriles is 1. The Kier molecular flexibility index (Phi) is 9.73. The van der Waals surface area contributed by atoms with E-state index in [4.69, 9.17) is 19.3 Å². The van der Waals surface area contributed by atoms with Crippen molar-refractivity contribution < 1.29 is 19.3 Å². The second-order valence-corrected chi connectivity index (χ2v) is 12.8. The molecule has 2 aliphatic heterocycles. The molecule has 3 aliphatic rings. The second kappa shape index (κ2) is 14.6. The molecule has 5 heterocycles. The molecule has 0 amide bonds.